The Morgan fingerprint density at radius 3 is 2.35 bits per heavy atom. The predicted molar refractivity (Wildman–Crippen MR) is 93.1 cm³/mol. The molecule has 132 valence electrons. The Bertz CT molecular complexity index is 903. The number of anilines is 1. The number of nitrogens with one attached hydrogen (secondary N) is 1. The van der Waals surface area contributed by atoms with Crippen molar-refractivity contribution in [2.45, 2.75) is 13.0 Å². The summed E-state index contributed by atoms with van der Waals surface area (Å²) in [5.74, 6) is -1.22. The van der Waals surface area contributed by atoms with Crippen LogP contribution in [0.2, 0.25) is 0 Å². The number of hydrogen-bond donors (Lipinski definition) is 1. The van der Waals surface area contributed by atoms with Crippen LogP contribution < -0.4 is 5.32 Å². The molecule has 0 bridgehead atoms. The second-order valence-corrected chi connectivity index (χ2v) is 5.58. The van der Waals surface area contributed by atoms with Gasteiger partial charge in [0.2, 0.25) is 6.10 Å². The zero-order chi connectivity index (χ0) is 18.5. The van der Waals surface area contributed by atoms with Crippen LogP contribution in [0.25, 0.3) is 0 Å². The molecular weight excluding hydrogens is 337 g/mol. The van der Waals surface area contributed by atoms with E-state index in [2.05, 4.69) is 5.32 Å². The SMILES string of the molecule is Cc1occc1C(=O)OC(C(=O)Nc1ccc(F)cc1)c1ccccc1. The van der Waals surface area contributed by atoms with Crippen molar-refractivity contribution in [2.24, 2.45) is 0 Å². The number of carbonyl (C=O) groups excluding carboxylic acids is 2. The van der Waals surface area contributed by atoms with Gasteiger partial charge in [0.1, 0.15) is 17.1 Å². The molecule has 1 amide bonds. The molecule has 1 heterocycles. The molecule has 0 spiro atoms. The van der Waals surface area contributed by atoms with E-state index in [0.717, 1.165) is 0 Å². The van der Waals surface area contributed by atoms with Crippen molar-refractivity contribution >= 4 is 17.6 Å². The van der Waals surface area contributed by atoms with Gasteiger partial charge in [-0.1, -0.05) is 30.3 Å². The van der Waals surface area contributed by atoms with E-state index in [4.69, 9.17) is 9.15 Å². The van der Waals surface area contributed by atoms with Gasteiger partial charge in [0, 0.05) is 11.3 Å². The summed E-state index contributed by atoms with van der Waals surface area (Å²) in [4.78, 5) is 25.1. The topological polar surface area (TPSA) is 68.5 Å². The van der Waals surface area contributed by atoms with Crippen LogP contribution in [0.15, 0.2) is 71.3 Å². The Hall–Kier alpha value is -3.41. The van der Waals surface area contributed by atoms with Gasteiger partial charge in [0.15, 0.2) is 0 Å². The maximum atomic E-state index is 13.0. The molecule has 2 aromatic carbocycles. The molecule has 0 aliphatic rings. The van der Waals surface area contributed by atoms with Crippen LogP contribution in [0.1, 0.15) is 27.8 Å². The summed E-state index contributed by atoms with van der Waals surface area (Å²) < 4.78 is 23.6. The zero-order valence-corrected chi connectivity index (χ0v) is 13.9. The highest BCUT2D eigenvalue weighted by molar-refractivity contribution is 5.98. The lowest BCUT2D eigenvalue weighted by Gasteiger charge is -2.18. The Labute approximate surface area is 149 Å². The molecular formula is C20H16FNO4. The summed E-state index contributed by atoms with van der Waals surface area (Å²) in [6.07, 6.45) is 0.213. The molecule has 0 radical (unpaired) electrons. The Morgan fingerprint density at radius 1 is 1.04 bits per heavy atom. The summed E-state index contributed by atoms with van der Waals surface area (Å²) in [5.41, 5.74) is 1.16. The second-order valence-electron chi connectivity index (χ2n) is 5.58. The first-order valence-corrected chi connectivity index (χ1v) is 7.91. The lowest BCUT2D eigenvalue weighted by atomic mass is 10.1. The van der Waals surface area contributed by atoms with Gasteiger partial charge < -0.3 is 14.5 Å². The van der Waals surface area contributed by atoms with Gasteiger partial charge in [-0.3, -0.25) is 4.79 Å². The largest absolute Gasteiger partial charge is 0.469 e. The number of carbonyl (C=O) groups is 2. The molecule has 0 fully saturated rings. The number of rotatable bonds is 5. The lowest BCUT2D eigenvalue weighted by Crippen LogP contribution is -2.26. The van der Waals surface area contributed by atoms with Crippen LogP contribution in [0.5, 0.6) is 0 Å². The highest BCUT2D eigenvalue weighted by Crippen LogP contribution is 2.23. The average molecular weight is 353 g/mol. The molecule has 26 heavy (non-hydrogen) atoms. The molecule has 6 heteroatoms. The van der Waals surface area contributed by atoms with Crippen LogP contribution in [-0.4, -0.2) is 11.9 Å². The molecule has 5 nitrogen and oxygen atoms in total. The van der Waals surface area contributed by atoms with Crippen molar-refractivity contribution in [1.29, 1.82) is 0 Å². The smallest absolute Gasteiger partial charge is 0.342 e. The fourth-order valence-corrected chi connectivity index (χ4v) is 2.41. The maximum Gasteiger partial charge on any atom is 0.342 e. The minimum Gasteiger partial charge on any atom is -0.469 e. The van der Waals surface area contributed by atoms with E-state index in [1.54, 1.807) is 37.3 Å². The van der Waals surface area contributed by atoms with Crippen molar-refractivity contribution in [3.8, 4) is 0 Å². The number of hydrogen-bond acceptors (Lipinski definition) is 4. The molecule has 0 aliphatic carbocycles. The minimum absolute atomic E-state index is 0.250. The fourth-order valence-electron chi connectivity index (χ4n) is 2.41. The van der Waals surface area contributed by atoms with Gasteiger partial charge >= 0.3 is 5.97 Å². The summed E-state index contributed by atoms with van der Waals surface area (Å²) in [7, 11) is 0. The Morgan fingerprint density at radius 2 is 1.73 bits per heavy atom. The van der Waals surface area contributed by atoms with Crippen LogP contribution >= 0.6 is 0 Å². The van der Waals surface area contributed by atoms with Crippen molar-refractivity contribution in [3.63, 3.8) is 0 Å². The number of benzene rings is 2. The Kier molecular flexibility index (Phi) is 5.12. The zero-order valence-electron chi connectivity index (χ0n) is 13.9. The highest BCUT2D eigenvalue weighted by Gasteiger charge is 2.27. The third-order valence-electron chi connectivity index (χ3n) is 3.76. The van der Waals surface area contributed by atoms with Gasteiger partial charge in [0.05, 0.1) is 6.26 Å². The first kappa shape index (κ1) is 17.4. The van der Waals surface area contributed by atoms with Crippen molar-refractivity contribution in [1.82, 2.24) is 0 Å². The number of halogens is 1. The van der Waals surface area contributed by atoms with Gasteiger partial charge in [-0.05, 0) is 37.3 Å². The van der Waals surface area contributed by atoms with Crippen LogP contribution in [-0.2, 0) is 9.53 Å². The molecule has 3 rings (SSSR count). The number of ether oxygens (including phenoxy) is 1. The second kappa shape index (κ2) is 7.65. The quantitative estimate of drug-likeness (QED) is 0.696. The molecule has 1 N–H and O–H groups in total. The van der Waals surface area contributed by atoms with E-state index in [9.17, 15) is 14.0 Å². The summed E-state index contributed by atoms with van der Waals surface area (Å²) >= 11 is 0. The number of amides is 1. The molecule has 0 aliphatic heterocycles. The van der Waals surface area contributed by atoms with Crippen LogP contribution in [0, 0.1) is 12.7 Å². The van der Waals surface area contributed by atoms with Crippen molar-refractivity contribution in [2.75, 3.05) is 5.32 Å². The van der Waals surface area contributed by atoms with Crippen LogP contribution in [0.4, 0.5) is 10.1 Å². The van der Waals surface area contributed by atoms with E-state index < -0.39 is 23.8 Å². The monoisotopic (exact) mass is 353 g/mol. The fraction of sp³-hybridized carbons (Fsp3) is 0.100. The van der Waals surface area contributed by atoms with Crippen molar-refractivity contribution < 1.29 is 23.1 Å². The standard InChI is InChI=1S/C20H16FNO4/c1-13-17(11-12-25-13)20(24)26-18(14-5-3-2-4-6-14)19(23)22-16-9-7-15(21)8-10-16/h2-12,18H,1H3,(H,22,23). The van der Waals surface area contributed by atoms with Gasteiger partial charge in [-0.2, -0.15) is 0 Å². The lowest BCUT2D eigenvalue weighted by molar-refractivity contribution is -0.125. The average Bonchev–Trinajstić information content (AvgIpc) is 3.08. The van der Waals surface area contributed by atoms with E-state index in [-0.39, 0.29) is 5.56 Å². The van der Waals surface area contributed by atoms with Gasteiger partial charge in [0.25, 0.3) is 5.91 Å². The molecule has 0 saturated carbocycles. The van der Waals surface area contributed by atoms with E-state index in [1.807, 2.05) is 0 Å². The number of esters is 1. The normalized spacial score (nSPS) is 11.6. The first-order valence-electron chi connectivity index (χ1n) is 7.91. The summed E-state index contributed by atoms with van der Waals surface area (Å²) in [6, 6.07) is 15.4. The summed E-state index contributed by atoms with van der Waals surface area (Å²) in [5, 5.41) is 2.63. The molecule has 1 unspecified atom stereocenters. The molecule has 1 atom stereocenters. The van der Waals surface area contributed by atoms with E-state index >= 15 is 0 Å². The van der Waals surface area contributed by atoms with Gasteiger partial charge in [-0.25, -0.2) is 9.18 Å². The van der Waals surface area contributed by atoms with Crippen molar-refractivity contribution in [3.05, 3.63) is 89.6 Å². The molecule has 1 aromatic heterocycles. The molecule has 0 saturated heterocycles. The number of furan rings is 1. The van der Waals surface area contributed by atoms with E-state index in [1.165, 1.54) is 36.6 Å². The van der Waals surface area contributed by atoms with Gasteiger partial charge in [-0.15, -0.1) is 0 Å². The number of aryl methyl sites for hydroxylation is 1. The maximum absolute atomic E-state index is 13.0. The highest BCUT2D eigenvalue weighted by atomic mass is 19.1. The summed E-state index contributed by atoms with van der Waals surface area (Å²) in [6.45, 7) is 1.63. The Balaban J connectivity index is 1.83. The third-order valence-corrected chi connectivity index (χ3v) is 3.76. The third kappa shape index (κ3) is 3.97. The van der Waals surface area contributed by atoms with E-state index in [0.29, 0.717) is 17.0 Å². The minimum atomic E-state index is -1.16. The van der Waals surface area contributed by atoms with Crippen LogP contribution in [0.3, 0.4) is 0 Å². The molecule has 3 aromatic rings. The predicted octanol–water partition coefficient (Wildman–Crippen LogP) is 4.26. The first-order chi connectivity index (χ1) is 12.5.